The normalized spacial score (nSPS) is 11.4. The summed E-state index contributed by atoms with van der Waals surface area (Å²) >= 11 is 1.36. The van der Waals surface area contributed by atoms with Gasteiger partial charge in [-0.3, -0.25) is 10.1 Å². The molecule has 0 aliphatic heterocycles. The van der Waals surface area contributed by atoms with Gasteiger partial charge in [-0.2, -0.15) is 0 Å². The number of amides is 1. The van der Waals surface area contributed by atoms with Crippen LogP contribution in [0.2, 0.25) is 0 Å². The molecule has 0 spiro atoms. The minimum atomic E-state index is -0.246. The van der Waals surface area contributed by atoms with Crippen molar-refractivity contribution in [1.29, 1.82) is 0 Å². The molecule has 0 saturated heterocycles. The second-order valence-corrected chi connectivity index (χ2v) is 5.13. The fourth-order valence-electron chi connectivity index (χ4n) is 1.58. The van der Waals surface area contributed by atoms with E-state index in [-0.39, 0.29) is 11.9 Å². The van der Waals surface area contributed by atoms with E-state index in [0.717, 1.165) is 0 Å². The van der Waals surface area contributed by atoms with Crippen molar-refractivity contribution in [3.63, 3.8) is 0 Å². The molecule has 2 aromatic rings. The van der Waals surface area contributed by atoms with E-state index in [2.05, 4.69) is 10.3 Å². The summed E-state index contributed by atoms with van der Waals surface area (Å²) in [5, 5.41) is 4.50. The number of hydrogen-bond donors (Lipinski definition) is 1. The molecule has 0 atom stereocenters. The topological polar surface area (TPSA) is 73.1 Å². The van der Waals surface area contributed by atoms with Crippen LogP contribution in [-0.2, 0) is 16.0 Å². The summed E-state index contributed by atoms with van der Waals surface area (Å²) in [6.45, 7) is 3.57. The number of nitrogens with one attached hydrogen (secondary N) is 1. The van der Waals surface area contributed by atoms with Crippen LogP contribution in [0.1, 0.15) is 22.4 Å². The van der Waals surface area contributed by atoms with Gasteiger partial charge >= 0.3 is 0 Å². The molecule has 2 heterocycles. The lowest BCUT2D eigenvalue weighted by molar-refractivity contribution is 0.0924. The van der Waals surface area contributed by atoms with Crippen LogP contribution in [0, 0.1) is 0 Å². The van der Waals surface area contributed by atoms with Crippen LogP contribution >= 0.6 is 11.3 Å². The first-order valence-corrected chi connectivity index (χ1v) is 7.79. The summed E-state index contributed by atoms with van der Waals surface area (Å²) in [5.74, 6) is 0.445. The Bertz CT molecular complexity index is 579. The second-order valence-electron chi connectivity index (χ2n) is 4.18. The minimum Gasteiger partial charge on any atom is -0.467 e. The Balaban J connectivity index is 1.94. The largest absolute Gasteiger partial charge is 0.467 e. The lowest BCUT2D eigenvalue weighted by atomic mass is 10.4. The SMILES string of the molecule is CCOCCOC(=NCc1ccco1)NC(=O)c1cccs1. The van der Waals surface area contributed by atoms with Crippen LogP contribution in [0.15, 0.2) is 45.3 Å². The fourth-order valence-corrected chi connectivity index (χ4v) is 2.20. The molecule has 0 aliphatic carbocycles. The van der Waals surface area contributed by atoms with E-state index < -0.39 is 0 Å². The van der Waals surface area contributed by atoms with E-state index >= 15 is 0 Å². The Morgan fingerprint density at radius 3 is 2.95 bits per heavy atom. The van der Waals surface area contributed by atoms with E-state index in [1.54, 1.807) is 18.4 Å². The van der Waals surface area contributed by atoms with E-state index in [9.17, 15) is 4.79 Å². The average Bonchev–Trinajstić information content (AvgIpc) is 3.22. The van der Waals surface area contributed by atoms with Crippen molar-refractivity contribution >= 4 is 23.3 Å². The number of furan rings is 1. The lowest BCUT2D eigenvalue weighted by Gasteiger charge is -2.10. The van der Waals surface area contributed by atoms with Gasteiger partial charge < -0.3 is 13.9 Å². The average molecular weight is 322 g/mol. The maximum absolute atomic E-state index is 12.1. The highest BCUT2D eigenvalue weighted by Gasteiger charge is 2.11. The molecule has 2 aromatic heterocycles. The number of amidine groups is 1. The highest BCUT2D eigenvalue weighted by molar-refractivity contribution is 7.12. The molecule has 118 valence electrons. The molecule has 7 heteroatoms. The molecule has 0 radical (unpaired) electrons. The smallest absolute Gasteiger partial charge is 0.292 e. The van der Waals surface area contributed by atoms with Crippen molar-refractivity contribution in [3.8, 4) is 0 Å². The van der Waals surface area contributed by atoms with Crippen LogP contribution in [0.3, 0.4) is 0 Å². The van der Waals surface area contributed by atoms with E-state index in [1.165, 1.54) is 11.3 Å². The number of ether oxygens (including phenoxy) is 2. The van der Waals surface area contributed by atoms with Crippen LogP contribution < -0.4 is 5.32 Å². The Morgan fingerprint density at radius 1 is 1.36 bits per heavy atom. The van der Waals surface area contributed by atoms with Crippen molar-refractivity contribution < 1.29 is 18.7 Å². The molecular formula is C15H18N2O4S. The maximum Gasteiger partial charge on any atom is 0.292 e. The number of carbonyl (C=O) groups is 1. The predicted octanol–water partition coefficient (Wildman–Crippen LogP) is 2.68. The zero-order valence-corrected chi connectivity index (χ0v) is 13.1. The molecule has 0 unspecified atom stereocenters. The molecule has 0 fully saturated rings. The van der Waals surface area contributed by atoms with Gasteiger partial charge in [0.1, 0.15) is 18.9 Å². The van der Waals surface area contributed by atoms with Gasteiger partial charge in [0, 0.05) is 6.61 Å². The molecular weight excluding hydrogens is 304 g/mol. The molecule has 0 saturated carbocycles. The van der Waals surface area contributed by atoms with Crippen LogP contribution in [0.4, 0.5) is 0 Å². The van der Waals surface area contributed by atoms with Crippen molar-refractivity contribution in [2.24, 2.45) is 4.99 Å². The van der Waals surface area contributed by atoms with Gasteiger partial charge in [0.15, 0.2) is 0 Å². The van der Waals surface area contributed by atoms with Crippen molar-refractivity contribution in [1.82, 2.24) is 5.32 Å². The number of aliphatic imine (C=N–C) groups is 1. The van der Waals surface area contributed by atoms with Gasteiger partial charge in [0.05, 0.1) is 17.7 Å². The van der Waals surface area contributed by atoms with Gasteiger partial charge in [-0.25, -0.2) is 4.99 Å². The van der Waals surface area contributed by atoms with Gasteiger partial charge in [0.25, 0.3) is 11.9 Å². The van der Waals surface area contributed by atoms with Crippen molar-refractivity contribution in [2.45, 2.75) is 13.5 Å². The summed E-state index contributed by atoms with van der Waals surface area (Å²) in [7, 11) is 0. The molecule has 1 N–H and O–H groups in total. The fraction of sp³-hybridized carbons (Fsp3) is 0.333. The molecule has 0 bridgehead atoms. The molecule has 0 aromatic carbocycles. The third-order valence-corrected chi connectivity index (χ3v) is 3.46. The number of thiophene rings is 1. The van der Waals surface area contributed by atoms with Gasteiger partial charge in [-0.1, -0.05) is 6.07 Å². The first-order chi connectivity index (χ1) is 10.8. The third-order valence-electron chi connectivity index (χ3n) is 2.59. The molecule has 2 rings (SSSR count). The number of hydrogen-bond acceptors (Lipinski definition) is 6. The summed E-state index contributed by atoms with van der Waals surface area (Å²) in [4.78, 5) is 16.9. The predicted molar refractivity (Wildman–Crippen MR) is 84.1 cm³/mol. The van der Waals surface area contributed by atoms with Crippen molar-refractivity contribution in [3.05, 3.63) is 46.5 Å². The lowest BCUT2D eigenvalue weighted by Crippen LogP contribution is -2.33. The minimum absolute atomic E-state index is 0.162. The van der Waals surface area contributed by atoms with E-state index in [1.807, 2.05) is 24.4 Å². The van der Waals surface area contributed by atoms with Crippen LogP contribution in [0.5, 0.6) is 0 Å². The monoisotopic (exact) mass is 322 g/mol. The Morgan fingerprint density at radius 2 is 2.27 bits per heavy atom. The van der Waals surface area contributed by atoms with E-state index in [0.29, 0.717) is 37.0 Å². The van der Waals surface area contributed by atoms with Crippen LogP contribution in [0.25, 0.3) is 0 Å². The quantitative estimate of drug-likeness (QED) is 0.483. The van der Waals surface area contributed by atoms with Crippen LogP contribution in [-0.4, -0.2) is 31.7 Å². The van der Waals surface area contributed by atoms with Gasteiger partial charge in [-0.05, 0) is 30.5 Å². The Hall–Kier alpha value is -2.12. The van der Waals surface area contributed by atoms with Crippen molar-refractivity contribution in [2.75, 3.05) is 19.8 Å². The zero-order valence-electron chi connectivity index (χ0n) is 12.3. The number of nitrogens with zero attached hydrogens (tertiary/aromatic N) is 1. The van der Waals surface area contributed by atoms with Gasteiger partial charge in [-0.15, -0.1) is 11.3 Å². The molecule has 22 heavy (non-hydrogen) atoms. The molecule has 0 aliphatic rings. The van der Waals surface area contributed by atoms with E-state index in [4.69, 9.17) is 13.9 Å². The Labute approximate surface area is 132 Å². The summed E-state index contributed by atoms with van der Waals surface area (Å²) in [5.41, 5.74) is 0. The van der Waals surface area contributed by atoms with Gasteiger partial charge in [0.2, 0.25) is 0 Å². The highest BCUT2D eigenvalue weighted by Crippen LogP contribution is 2.08. The first-order valence-electron chi connectivity index (χ1n) is 6.92. The number of carbonyl (C=O) groups excluding carboxylic acids is 1. The third kappa shape index (κ3) is 5.34. The second kappa shape index (κ2) is 9.01. The first kappa shape index (κ1) is 16.3. The summed E-state index contributed by atoms with van der Waals surface area (Å²) in [6.07, 6.45) is 1.57. The standard InChI is InChI=1S/C15H18N2O4S/c1-2-19-8-9-21-15(16-11-12-5-3-7-20-12)17-14(18)13-6-4-10-22-13/h3-7,10H,2,8-9,11H2,1H3,(H,16,17,18). The molecule has 6 nitrogen and oxygen atoms in total. The zero-order chi connectivity index (χ0) is 15.6. The Kier molecular flexibility index (Phi) is 6.66. The summed E-state index contributed by atoms with van der Waals surface area (Å²) in [6, 6.07) is 7.31. The number of rotatable bonds is 7. The summed E-state index contributed by atoms with van der Waals surface area (Å²) < 4.78 is 15.9. The molecule has 1 amide bonds. The maximum atomic E-state index is 12.1. The highest BCUT2D eigenvalue weighted by atomic mass is 32.1.